The second kappa shape index (κ2) is 6.30. The van der Waals surface area contributed by atoms with Crippen molar-refractivity contribution in [1.29, 1.82) is 0 Å². The van der Waals surface area contributed by atoms with E-state index in [-0.39, 0.29) is 0 Å². The molecule has 2 heterocycles. The smallest absolute Gasteiger partial charge is 0.143 e. The molecule has 0 aliphatic heterocycles. The first-order valence-corrected chi connectivity index (χ1v) is 9.13. The zero-order valence-electron chi connectivity index (χ0n) is 14.5. The van der Waals surface area contributed by atoms with Crippen molar-refractivity contribution in [3.05, 3.63) is 70.9 Å². The van der Waals surface area contributed by atoms with Crippen LogP contribution in [0.15, 0.2) is 54.2 Å². The standard InChI is InChI=1S/C21H19N3S/c1-13-5-8-16(9-6-13)17-11-25-21-19(17)20(22-12-23-21)24-18-10-14(2)4-7-15(18)3/h4-12H,1-3H3,(H,22,23,24). The number of nitrogens with one attached hydrogen (secondary N) is 1. The van der Waals surface area contributed by atoms with Crippen LogP contribution in [0, 0.1) is 20.8 Å². The normalized spacial score (nSPS) is 11.0. The van der Waals surface area contributed by atoms with Crippen LogP contribution in [-0.4, -0.2) is 9.97 Å². The summed E-state index contributed by atoms with van der Waals surface area (Å²) in [6.45, 7) is 6.31. The van der Waals surface area contributed by atoms with Crippen molar-refractivity contribution in [2.24, 2.45) is 0 Å². The first-order valence-electron chi connectivity index (χ1n) is 8.25. The van der Waals surface area contributed by atoms with Crippen molar-refractivity contribution in [2.45, 2.75) is 20.8 Å². The van der Waals surface area contributed by atoms with Gasteiger partial charge in [0.15, 0.2) is 0 Å². The van der Waals surface area contributed by atoms with Crippen LogP contribution < -0.4 is 5.32 Å². The topological polar surface area (TPSA) is 37.8 Å². The molecule has 0 saturated carbocycles. The number of thiophene rings is 1. The highest BCUT2D eigenvalue weighted by atomic mass is 32.1. The molecule has 0 atom stereocenters. The lowest BCUT2D eigenvalue weighted by Crippen LogP contribution is -1.98. The van der Waals surface area contributed by atoms with Gasteiger partial charge in [0.05, 0.1) is 5.39 Å². The first-order chi connectivity index (χ1) is 12.1. The Labute approximate surface area is 151 Å². The minimum atomic E-state index is 0.857. The van der Waals surface area contributed by atoms with Gasteiger partial charge in [-0.2, -0.15) is 0 Å². The Kier molecular flexibility index (Phi) is 3.98. The highest BCUT2D eigenvalue weighted by Crippen LogP contribution is 2.37. The molecule has 2 aromatic heterocycles. The number of aromatic nitrogens is 2. The van der Waals surface area contributed by atoms with Gasteiger partial charge in [-0.3, -0.25) is 0 Å². The number of hydrogen-bond acceptors (Lipinski definition) is 4. The number of hydrogen-bond donors (Lipinski definition) is 1. The summed E-state index contributed by atoms with van der Waals surface area (Å²) in [5, 5.41) is 6.77. The van der Waals surface area contributed by atoms with Gasteiger partial charge in [0.1, 0.15) is 17.0 Å². The van der Waals surface area contributed by atoms with Gasteiger partial charge in [-0.05, 0) is 43.5 Å². The molecule has 0 aliphatic rings. The Morgan fingerprint density at radius 1 is 0.880 bits per heavy atom. The van der Waals surface area contributed by atoms with Gasteiger partial charge in [0.25, 0.3) is 0 Å². The third kappa shape index (κ3) is 3.01. The number of aryl methyl sites for hydroxylation is 3. The van der Waals surface area contributed by atoms with E-state index in [0.29, 0.717) is 0 Å². The lowest BCUT2D eigenvalue weighted by Gasteiger charge is -2.11. The van der Waals surface area contributed by atoms with E-state index in [0.717, 1.165) is 21.7 Å². The fourth-order valence-electron chi connectivity index (χ4n) is 2.91. The van der Waals surface area contributed by atoms with Crippen LogP contribution in [0.5, 0.6) is 0 Å². The van der Waals surface area contributed by atoms with Crippen molar-refractivity contribution < 1.29 is 0 Å². The average Bonchev–Trinajstić information content (AvgIpc) is 3.04. The number of benzene rings is 2. The molecular formula is C21H19N3S. The van der Waals surface area contributed by atoms with Crippen molar-refractivity contribution >= 4 is 33.1 Å². The molecule has 0 unspecified atom stereocenters. The van der Waals surface area contributed by atoms with Gasteiger partial charge in [-0.1, -0.05) is 42.0 Å². The minimum absolute atomic E-state index is 0.857. The van der Waals surface area contributed by atoms with Crippen molar-refractivity contribution in [1.82, 2.24) is 9.97 Å². The summed E-state index contributed by atoms with van der Waals surface area (Å²) < 4.78 is 0. The van der Waals surface area contributed by atoms with Gasteiger partial charge >= 0.3 is 0 Å². The fraction of sp³-hybridized carbons (Fsp3) is 0.143. The molecule has 0 bridgehead atoms. The Hall–Kier alpha value is -2.72. The second-order valence-electron chi connectivity index (χ2n) is 6.36. The Morgan fingerprint density at radius 3 is 2.44 bits per heavy atom. The molecule has 0 radical (unpaired) electrons. The monoisotopic (exact) mass is 345 g/mol. The number of rotatable bonds is 3. The number of anilines is 2. The molecule has 2 aromatic carbocycles. The van der Waals surface area contributed by atoms with E-state index in [1.807, 2.05) is 0 Å². The fourth-order valence-corrected chi connectivity index (χ4v) is 3.83. The van der Waals surface area contributed by atoms with Crippen LogP contribution in [0.2, 0.25) is 0 Å². The lowest BCUT2D eigenvalue weighted by atomic mass is 10.0. The molecule has 1 N–H and O–H groups in total. The molecule has 4 heteroatoms. The predicted octanol–water partition coefficient (Wildman–Crippen LogP) is 6.03. The van der Waals surface area contributed by atoms with Gasteiger partial charge in [-0.25, -0.2) is 9.97 Å². The highest BCUT2D eigenvalue weighted by Gasteiger charge is 2.14. The largest absolute Gasteiger partial charge is 0.339 e. The van der Waals surface area contributed by atoms with Gasteiger partial charge < -0.3 is 5.32 Å². The zero-order valence-corrected chi connectivity index (χ0v) is 15.3. The number of fused-ring (bicyclic) bond motifs is 1. The third-order valence-corrected chi connectivity index (χ3v) is 5.27. The molecule has 4 rings (SSSR count). The summed E-state index contributed by atoms with van der Waals surface area (Å²) in [6, 6.07) is 15.0. The van der Waals surface area contributed by atoms with E-state index >= 15 is 0 Å². The minimum Gasteiger partial charge on any atom is -0.339 e. The van der Waals surface area contributed by atoms with E-state index < -0.39 is 0 Å². The number of nitrogens with zero attached hydrogens (tertiary/aromatic N) is 2. The van der Waals surface area contributed by atoms with Gasteiger partial charge in [0.2, 0.25) is 0 Å². The van der Waals surface area contributed by atoms with Gasteiger partial charge in [0, 0.05) is 16.6 Å². The molecule has 25 heavy (non-hydrogen) atoms. The zero-order chi connectivity index (χ0) is 17.4. The van der Waals surface area contributed by atoms with Crippen LogP contribution in [0.25, 0.3) is 21.3 Å². The summed E-state index contributed by atoms with van der Waals surface area (Å²) >= 11 is 1.65. The molecule has 0 saturated heterocycles. The predicted molar refractivity (Wildman–Crippen MR) is 107 cm³/mol. The Morgan fingerprint density at radius 2 is 1.64 bits per heavy atom. The quantitative estimate of drug-likeness (QED) is 0.493. The molecule has 4 aromatic rings. The summed E-state index contributed by atoms with van der Waals surface area (Å²) in [5.74, 6) is 0.857. The van der Waals surface area contributed by atoms with E-state index in [2.05, 4.69) is 83.9 Å². The van der Waals surface area contributed by atoms with Gasteiger partial charge in [-0.15, -0.1) is 11.3 Å². The maximum Gasteiger partial charge on any atom is 0.143 e. The molecule has 0 spiro atoms. The van der Waals surface area contributed by atoms with E-state index in [9.17, 15) is 0 Å². The van der Waals surface area contributed by atoms with E-state index in [1.54, 1.807) is 17.7 Å². The molecule has 0 aliphatic carbocycles. The summed E-state index contributed by atoms with van der Waals surface area (Å²) in [4.78, 5) is 9.99. The SMILES string of the molecule is Cc1ccc(-c2csc3ncnc(Nc4cc(C)ccc4C)c23)cc1. The van der Waals surface area contributed by atoms with E-state index in [1.165, 1.54) is 27.8 Å². The van der Waals surface area contributed by atoms with Crippen molar-refractivity contribution in [3.8, 4) is 11.1 Å². The van der Waals surface area contributed by atoms with Crippen LogP contribution in [0.1, 0.15) is 16.7 Å². The maximum absolute atomic E-state index is 4.53. The highest BCUT2D eigenvalue weighted by molar-refractivity contribution is 7.17. The Balaban J connectivity index is 1.85. The van der Waals surface area contributed by atoms with E-state index in [4.69, 9.17) is 0 Å². The van der Waals surface area contributed by atoms with Crippen LogP contribution in [0.3, 0.4) is 0 Å². The maximum atomic E-state index is 4.53. The summed E-state index contributed by atoms with van der Waals surface area (Å²) in [5.41, 5.74) is 7.13. The molecular weight excluding hydrogens is 326 g/mol. The van der Waals surface area contributed by atoms with Crippen molar-refractivity contribution in [2.75, 3.05) is 5.32 Å². The average molecular weight is 345 g/mol. The lowest BCUT2D eigenvalue weighted by molar-refractivity contribution is 1.22. The van der Waals surface area contributed by atoms with Crippen LogP contribution in [0.4, 0.5) is 11.5 Å². The second-order valence-corrected chi connectivity index (χ2v) is 7.22. The third-order valence-electron chi connectivity index (χ3n) is 4.38. The first kappa shape index (κ1) is 15.8. The summed E-state index contributed by atoms with van der Waals surface area (Å²) in [6.07, 6.45) is 1.63. The molecule has 0 fully saturated rings. The molecule has 124 valence electrons. The Bertz CT molecular complexity index is 1050. The van der Waals surface area contributed by atoms with Crippen LogP contribution in [-0.2, 0) is 0 Å². The molecule has 0 amide bonds. The van der Waals surface area contributed by atoms with Crippen LogP contribution >= 0.6 is 11.3 Å². The summed E-state index contributed by atoms with van der Waals surface area (Å²) in [7, 11) is 0. The van der Waals surface area contributed by atoms with Crippen molar-refractivity contribution in [3.63, 3.8) is 0 Å². The molecule has 3 nitrogen and oxygen atoms in total.